The molecule has 0 saturated heterocycles. The zero-order valence-electron chi connectivity index (χ0n) is 19.8. The van der Waals surface area contributed by atoms with E-state index in [0.717, 1.165) is 4.70 Å². The number of benzene rings is 3. The quantitative estimate of drug-likeness (QED) is 0.141. The number of carboxylic acids is 1. The summed E-state index contributed by atoms with van der Waals surface area (Å²) in [6.07, 6.45) is 1.39. The van der Waals surface area contributed by atoms with Crippen molar-refractivity contribution in [1.82, 2.24) is 5.43 Å². The van der Waals surface area contributed by atoms with Crippen LogP contribution in [0.2, 0.25) is 5.02 Å². The highest BCUT2D eigenvalue weighted by Crippen LogP contribution is 2.37. The zero-order valence-corrected chi connectivity index (χ0v) is 21.4. The lowest BCUT2D eigenvalue weighted by Crippen LogP contribution is -2.16. The van der Waals surface area contributed by atoms with E-state index in [0.29, 0.717) is 33.7 Å². The third-order valence-corrected chi connectivity index (χ3v) is 6.60. The molecule has 2 N–H and O–H groups in total. The van der Waals surface area contributed by atoms with Crippen LogP contribution in [0.4, 0.5) is 5.69 Å². The number of hydrogen-bond acceptors (Lipinski definition) is 8. The minimum atomic E-state index is -1.04. The number of carboxylic acid groups (broad SMARTS) is 1. The number of hydrogen-bond donors (Lipinski definition) is 2. The molecule has 194 valence electrons. The van der Waals surface area contributed by atoms with Gasteiger partial charge in [0.05, 0.1) is 33.2 Å². The zero-order chi connectivity index (χ0) is 27.2. The lowest BCUT2D eigenvalue weighted by atomic mass is 10.1. The van der Waals surface area contributed by atoms with Gasteiger partial charge in [-0.1, -0.05) is 23.7 Å². The molecule has 1 heterocycles. The lowest BCUT2D eigenvalue weighted by Gasteiger charge is -2.14. The van der Waals surface area contributed by atoms with E-state index in [9.17, 15) is 24.8 Å². The molecule has 0 aliphatic heterocycles. The van der Waals surface area contributed by atoms with Gasteiger partial charge >= 0.3 is 5.97 Å². The molecule has 0 atom stereocenters. The number of amides is 1. The molecule has 0 radical (unpaired) electrons. The van der Waals surface area contributed by atoms with Crippen molar-refractivity contribution in [2.75, 3.05) is 6.61 Å². The Bertz CT molecular complexity index is 1570. The molecule has 0 saturated carbocycles. The number of nitrogens with one attached hydrogen (secondary N) is 1. The molecule has 0 unspecified atom stereocenters. The van der Waals surface area contributed by atoms with E-state index in [1.807, 2.05) is 0 Å². The van der Waals surface area contributed by atoms with E-state index in [1.54, 1.807) is 43.3 Å². The average Bonchev–Trinajstić information content (AvgIpc) is 3.32. The topological polar surface area (TPSA) is 140 Å². The number of hydrazone groups is 1. The number of nitrogens with zero attached hydrogens (tertiary/aromatic N) is 2. The van der Waals surface area contributed by atoms with Crippen molar-refractivity contribution in [2.24, 2.45) is 5.10 Å². The molecular formula is C26H20ClN3O7S. The molecule has 10 nitrogen and oxygen atoms in total. The van der Waals surface area contributed by atoms with Gasteiger partial charge in [-0.05, 0) is 54.4 Å². The van der Waals surface area contributed by atoms with E-state index in [-0.39, 0.29) is 28.6 Å². The molecule has 1 aromatic heterocycles. The number of aromatic carboxylic acids is 1. The maximum atomic E-state index is 12.5. The SMILES string of the molecule is CCOc1cc(/C=N\NC(=O)c2cc3cc([N+](=O)[O-])ccc3s2)cc(Cl)c1OCc1cccc(C(=O)O)c1. The number of carbonyl (C=O) groups is 2. The number of halogens is 1. The smallest absolute Gasteiger partial charge is 0.335 e. The molecule has 0 spiro atoms. The fourth-order valence-corrected chi connectivity index (χ4v) is 4.70. The van der Waals surface area contributed by atoms with Crippen LogP contribution in [0.5, 0.6) is 11.5 Å². The van der Waals surface area contributed by atoms with Crippen molar-refractivity contribution >= 4 is 56.8 Å². The fraction of sp³-hybridized carbons (Fsp3) is 0.115. The Labute approximate surface area is 225 Å². The summed E-state index contributed by atoms with van der Waals surface area (Å²) >= 11 is 7.63. The minimum Gasteiger partial charge on any atom is -0.490 e. The third-order valence-electron chi connectivity index (χ3n) is 5.20. The number of non-ortho nitro benzene ring substituents is 1. The summed E-state index contributed by atoms with van der Waals surface area (Å²) in [5, 5.41) is 25.0. The molecule has 0 aliphatic carbocycles. The second kappa shape index (κ2) is 11.7. The highest BCUT2D eigenvalue weighted by molar-refractivity contribution is 7.20. The molecule has 1 amide bonds. The molecule has 38 heavy (non-hydrogen) atoms. The number of carbonyl (C=O) groups excluding carboxylic acids is 1. The molecular weight excluding hydrogens is 534 g/mol. The second-order valence-electron chi connectivity index (χ2n) is 7.85. The van der Waals surface area contributed by atoms with Gasteiger partial charge in [-0.15, -0.1) is 11.3 Å². The second-order valence-corrected chi connectivity index (χ2v) is 9.34. The summed E-state index contributed by atoms with van der Waals surface area (Å²) in [5.74, 6) is -0.861. The van der Waals surface area contributed by atoms with E-state index < -0.39 is 16.8 Å². The average molecular weight is 554 g/mol. The monoisotopic (exact) mass is 553 g/mol. The van der Waals surface area contributed by atoms with Gasteiger partial charge < -0.3 is 14.6 Å². The van der Waals surface area contributed by atoms with Crippen LogP contribution in [0.25, 0.3) is 10.1 Å². The van der Waals surface area contributed by atoms with Crippen LogP contribution in [0.3, 0.4) is 0 Å². The molecule has 12 heteroatoms. The highest BCUT2D eigenvalue weighted by atomic mass is 35.5. The van der Waals surface area contributed by atoms with Crippen LogP contribution in [-0.4, -0.2) is 34.7 Å². The number of ether oxygens (including phenoxy) is 2. The largest absolute Gasteiger partial charge is 0.490 e. The number of nitro groups is 1. The Kier molecular flexibility index (Phi) is 8.19. The summed E-state index contributed by atoms with van der Waals surface area (Å²) in [6.45, 7) is 2.21. The van der Waals surface area contributed by atoms with Gasteiger partial charge in [0, 0.05) is 22.2 Å². The summed E-state index contributed by atoms with van der Waals surface area (Å²) < 4.78 is 12.2. The van der Waals surface area contributed by atoms with Crippen molar-refractivity contribution in [1.29, 1.82) is 0 Å². The van der Waals surface area contributed by atoms with Crippen molar-refractivity contribution in [2.45, 2.75) is 13.5 Å². The molecule has 4 rings (SSSR count). The van der Waals surface area contributed by atoms with Gasteiger partial charge in [0.25, 0.3) is 11.6 Å². The molecule has 3 aromatic carbocycles. The van der Waals surface area contributed by atoms with Gasteiger partial charge in [0.15, 0.2) is 11.5 Å². The molecule has 0 fully saturated rings. The summed E-state index contributed by atoms with van der Waals surface area (Å²) in [5.41, 5.74) is 3.71. The summed E-state index contributed by atoms with van der Waals surface area (Å²) in [7, 11) is 0. The number of fused-ring (bicyclic) bond motifs is 1. The van der Waals surface area contributed by atoms with Crippen LogP contribution in [0, 0.1) is 10.1 Å². The summed E-state index contributed by atoms with van der Waals surface area (Å²) in [6, 6.07) is 15.6. The van der Waals surface area contributed by atoms with E-state index in [4.69, 9.17) is 21.1 Å². The standard InChI is InChI=1S/C26H20ClN3O7S/c1-2-36-21-10-16(9-20(27)24(21)37-14-15-4-3-5-17(8-15)26(32)33)13-28-29-25(31)23-12-18-11-19(30(34)35)6-7-22(18)38-23/h3-13H,2,14H2,1H3,(H,29,31)(H,32,33)/b28-13-. The van der Waals surface area contributed by atoms with Gasteiger partial charge in [0.1, 0.15) is 6.61 Å². The Morgan fingerprint density at radius 1 is 1.16 bits per heavy atom. The van der Waals surface area contributed by atoms with Crippen LogP contribution in [-0.2, 0) is 6.61 Å². The van der Waals surface area contributed by atoms with Crippen molar-refractivity contribution < 1.29 is 29.1 Å². The van der Waals surface area contributed by atoms with Gasteiger partial charge in [-0.25, -0.2) is 10.2 Å². The minimum absolute atomic E-state index is 0.0523. The molecule has 0 aliphatic rings. The third kappa shape index (κ3) is 6.25. The number of thiophene rings is 1. The maximum absolute atomic E-state index is 12.5. The molecule has 0 bridgehead atoms. The van der Waals surface area contributed by atoms with E-state index >= 15 is 0 Å². The molecule has 4 aromatic rings. The van der Waals surface area contributed by atoms with Crippen LogP contribution in [0.1, 0.15) is 38.1 Å². The van der Waals surface area contributed by atoms with Crippen LogP contribution < -0.4 is 14.9 Å². The van der Waals surface area contributed by atoms with E-state index in [1.165, 1.54) is 41.8 Å². The first kappa shape index (κ1) is 26.6. The first-order valence-electron chi connectivity index (χ1n) is 11.2. The normalized spacial score (nSPS) is 11.0. The Morgan fingerprint density at radius 2 is 1.97 bits per heavy atom. The predicted octanol–water partition coefficient (Wildman–Crippen LogP) is 5.90. The highest BCUT2D eigenvalue weighted by Gasteiger charge is 2.15. The van der Waals surface area contributed by atoms with Crippen molar-refractivity contribution in [3.8, 4) is 11.5 Å². The summed E-state index contributed by atoms with van der Waals surface area (Å²) in [4.78, 5) is 34.6. The van der Waals surface area contributed by atoms with Gasteiger partial charge in [-0.2, -0.15) is 5.10 Å². The van der Waals surface area contributed by atoms with Crippen LogP contribution in [0.15, 0.2) is 65.8 Å². The number of nitro benzene ring substituents is 1. The maximum Gasteiger partial charge on any atom is 0.335 e. The fourth-order valence-electron chi connectivity index (χ4n) is 3.49. The van der Waals surface area contributed by atoms with E-state index in [2.05, 4.69) is 10.5 Å². The Balaban J connectivity index is 1.46. The van der Waals surface area contributed by atoms with Gasteiger partial charge in [0.2, 0.25) is 0 Å². The van der Waals surface area contributed by atoms with Crippen molar-refractivity contribution in [3.63, 3.8) is 0 Å². The van der Waals surface area contributed by atoms with Crippen molar-refractivity contribution in [3.05, 3.63) is 97.4 Å². The van der Waals surface area contributed by atoms with Crippen LogP contribution >= 0.6 is 22.9 Å². The first-order chi connectivity index (χ1) is 18.2. The Morgan fingerprint density at radius 3 is 2.71 bits per heavy atom. The Hall–Kier alpha value is -4.48. The first-order valence-corrected chi connectivity index (χ1v) is 12.4. The lowest BCUT2D eigenvalue weighted by molar-refractivity contribution is -0.384. The number of rotatable bonds is 10. The van der Waals surface area contributed by atoms with Gasteiger partial charge in [-0.3, -0.25) is 14.9 Å². The predicted molar refractivity (Wildman–Crippen MR) is 144 cm³/mol.